The molecule has 4 nitrogen and oxygen atoms in total. The summed E-state index contributed by atoms with van der Waals surface area (Å²) >= 11 is 5.77. The highest BCUT2D eigenvalue weighted by Crippen LogP contribution is 2.33. The van der Waals surface area contributed by atoms with Crippen LogP contribution in [0.2, 0.25) is 5.02 Å². The molecule has 0 heterocycles. The van der Waals surface area contributed by atoms with E-state index in [0.717, 1.165) is 18.6 Å². The third-order valence-corrected chi connectivity index (χ3v) is 3.32. The van der Waals surface area contributed by atoms with Gasteiger partial charge in [-0.05, 0) is 37.1 Å². The summed E-state index contributed by atoms with van der Waals surface area (Å²) < 4.78 is 5.52. The molecule has 2 rings (SSSR count). The minimum absolute atomic E-state index is 0. The molecular formula is C13H18Cl2N2O2. The Morgan fingerprint density at radius 2 is 2.00 bits per heavy atom. The molecule has 19 heavy (non-hydrogen) atoms. The van der Waals surface area contributed by atoms with Crippen LogP contribution in [0.3, 0.4) is 0 Å². The monoisotopic (exact) mass is 304 g/mol. The lowest BCUT2D eigenvalue weighted by molar-refractivity contribution is -0.132. The third kappa shape index (κ3) is 4.27. The van der Waals surface area contributed by atoms with Crippen molar-refractivity contribution in [3.63, 3.8) is 0 Å². The van der Waals surface area contributed by atoms with Crippen LogP contribution in [0.25, 0.3) is 0 Å². The molecule has 1 amide bonds. The SMILES string of the molecule is CN(CCOc1ccc(Cl)cc1)C(=O)C1(N)CC1.Cl. The number of nitrogens with two attached hydrogens (primary N) is 1. The summed E-state index contributed by atoms with van der Waals surface area (Å²) in [5.41, 5.74) is 5.24. The van der Waals surface area contributed by atoms with E-state index in [9.17, 15) is 4.79 Å². The van der Waals surface area contributed by atoms with Gasteiger partial charge in [0.05, 0.1) is 12.1 Å². The Bertz CT molecular complexity index is 433. The molecule has 0 aromatic heterocycles. The minimum atomic E-state index is -0.602. The van der Waals surface area contributed by atoms with E-state index in [-0.39, 0.29) is 18.3 Å². The van der Waals surface area contributed by atoms with Crippen molar-refractivity contribution in [2.24, 2.45) is 5.73 Å². The first-order chi connectivity index (χ1) is 8.51. The molecule has 0 atom stereocenters. The van der Waals surface area contributed by atoms with E-state index < -0.39 is 5.54 Å². The van der Waals surface area contributed by atoms with Gasteiger partial charge in [-0.2, -0.15) is 0 Å². The second kappa shape index (κ2) is 6.46. The Kier molecular flexibility index (Phi) is 5.47. The van der Waals surface area contributed by atoms with E-state index in [4.69, 9.17) is 22.1 Å². The number of carbonyl (C=O) groups is 1. The predicted octanol–water partition coefficient (Wildman–Crippen LogP) is 2.09. The number of carbonyl (C=O) groups excluding carboxylic acids is 1. The van der Waals surface area contributed by atoms with E-state index in [2.05, 4.69) is 0 Å². The van der Waals surface area contributed by atoms with Crippen LogP contribution in [0.1, 0.15) is 12.8 Å². The summed E-state index contributed by atoms with van der Waals surface area (Å²) in [4.78, 5) is 13.5. The number of likely N-dealkylation sites (N-methyl/N-ethyl adjacent to an activating group) is 1. The normalized spacial score (nSPS) is 15.3. The highest BCUT2D eigenvalue weighted by atomic mass is 35.5. The zero-order valence-electron chi connectivity index (χ0n) is 10.8. The summed E-state index contributed by atoms with van der Waals surface area (Å²) in [6.45, 7) is 0.973. The number of benzene rings is 1. The van der Waals surface area contributed by atoms with Gasteiger partial charge in [0.15, 0.2) is 0 Å². The number of nitrogens with zero attached hydrogens (tertiary/aromatic N) is 1. The van der Waals surface area contributed by atoms with Crippen molar-refractivity contribution >= 4 is 29.9 Å². The van der Waals surface area contributed by atoms with Gasteiger partial charge in [-0.3, -0.25) is 4.79 Å². The second-order valence-electron chi connectivity index (χ2n) is 4.69. The van der Waals surface area contributed by atoms with Crippen molar-refractivity contribution in [1.82, 2.24) is 4.90 Å². The first-order valence-electron chi connectivity index (χ1n) is 5.94. The summed E-state index contributed by atoms with van der Waals surface area (Å²) in [5, 5.41) is 0.674. The smallest absolute Gasteiger partial charge is 0.242 e. The molecule has 1 fully saturated rings. The number of hydrogen-bond acceptors (Lipinski definition) is 3. The van der Waals surface area contributed by atoms with Gasteiger partial charge >= 0.3 is 0 Å². The quantitative estimate of drug-likeness (QED) is 0.906. The van der Waals surface area contributed by atoms with Gasteiger partial charge in [0.1, 0.15) is 12.4 Å². The van der Waals surface area contributed by atoms with Crippen LogP contribution in [-0.2, 0) is 4.79 Å². The Labute approximate surface area is 124 Å². The number of halogens is 2. The van der Waals surface area contributed by atoms with Crippen molar-refractivity contribution < 1.29 is 9.53 Å². The van der Waals surface area contributed by atoms with E-state index >= 15 is 0 Å². The zero-order chi connectivity index (χ0) is 13.2. The van der Waals surface area contributed by atoms with Gasteiger partial charge in [-0.25, -0.2) is 0 Å². The highest BCUT2D eigenvalue weighted by Gasteiger charge is 2.47. The zero-order valence-corrected chi connectivity index (χ0v) is 12.3. The Hall–Kier alpha value is -0.970. The van der Waals surface area contributed by atoms with Crippen molar-refractivity contribution in [1.29, 1.82) is 0 Å². The van der Waals surface area contributed by atoms with Crippen LogP contribution in [0.4, 0.5) is 0 Å². The van der Waals surface area contributed by atoms with E-state index in [1.807, 2.05) is 0 Å². The lowest BCUT2D eigenvalue weighted by Crippen LogP contribution is -2.45. The molecule has 1 aliphatic carbocycles. The lowest BCUT2D eigenvalue weighted by Gasteiger charge is -2.20. The second-order valence-corrected chi connectivity index (χ2v) is 5.12. The van der Waals surface area contributed by atoms with Crippen molar-refractivity contribution in [2.45, 2.75) is 18.4 Å². The van der Waals surface area contributed by atoms with Crippen LogP contribution in [0.5, 0.6) is 5.75 Å². The van der Waals surface area contributed by atoms with Crippen molar-refractivity contribution in [2.75, 3.05) is 20.2 Å². The average molecular weight is 305 g/mol. The van der Waals surface area contributed by atoms with Gasteiger partial charge in [0.2, 0.25) is 5.91 Å². The van der Waals surface area contributed by atoms with Crippen LogP contribution < -0.4 is 10.5 Å². The Morgan fingerprint density at radius 1 is 1.42 bits per heavy atom. The number of rotatable bonds is 5. The molecule has 2 N–H and O–H groups in total. The molecule has 0 unspecified atom stereocenters. The standard InChI is InChI=1S/C13H17ClN2O2.ClH/c1-16(12(17)13(15)6-7-13)8-9-18-11-4-2-10(14)3-5-11;/h2-5H,6-9,15H2,1H3;1H. The maximum absolute atomic E-state index is 11.8. The van der Waals surface area contributed by atoms with Gasteiger partial charge in [-0.1, -0.05) is 11.6 Å². The van der Waals surface area contributed by atoms with E-state index in [1.54, 1.807) is 36.2 Å². The van der Waals surface area contributed by atoms with Crippen LogP contribution in [-0.4, -0.2) is 36.5 Å². The summed E-state index contributed by atoms with van der Waals surface area (Å²) in [7, 11) is 1.75. The number of hydrogen-bond donors (Lipinski definition) is 1. The molecule has 0 saturated heterocycles. The molecule has 6 heteroatoms. The maximum atomic E-state index is 11.8. The topological polar surface area (TPSA) is 55.6 Å². The fourth-order valence-electron chi connectivity index (χ4n) is 1.66. The summed E-state index contributed by atoms with van der Waals surface area (Å²) in [6.07, 6.45) is 1.57. The highest BCUT2D eigenvalue weighted by molar-refractivity contribution is 6.30. The fourth-order valence-corrected chi connectivity index (χ4v) is 1.79. The minimum Gasteiger partial charge on any atom is -0.492 e. The molecule has 1 aromatic carbocycles. The molecule has 0 aliphatic heterocycles. The molecule has 0 radical (unpaired) electrons. The summed E-state index contributed by atoms with van der Waals surface area (Å²) in [6, 6.07) is 7.14. The van der Waals surface area contributed by atoms with Crippen molar-refractivity contribution in [3.8, 4) is 5.75 Å². The van der Waals surface area contributed by atoms with Gasteiger partial charge in [0.25, 0.3) is 0 Å². The number of amides is 1. The first-order valence-corrected chi connectivity index (χ1v) is 6.32. The Morgan fingerprint density at radius 3 is 2.53 bits per heavy atom. The van der Waals surface area contributed by atoms with E-state index in [0.29, 0.717) is 18.2 Å². The van der Waals surface area contributed by atoms with Crippen molar-refractivity contribution in [3.05, 3.63) is 29.3 Å². The van der Waals surface area contributed by atoms with Gasteiger partial charge in [-0.15, -0.1) is 12.4 Å². The first kappa shape index (κ1) is 16.1. The maximum Gasteiger partial charge on any atom is 0.242 e. The predicted molar refractivity (Wildman–Crippen MR) is 78.0 cm³/mol. The average Bonchev–Trinajstić information content (AvgIpc) is 3.10. The molecule has 0 spiro atoms. The Balaban J connectivity index is 0.00000180. The molecule has 106 valence electrons. The van der Waals surface area contributed by atoms with Crippen LogP contribution in [0.15, 0.2) is 24.3 Å². The van der Waals surface area contributed by atoms with Crippen LogP contribution in [0, 0.1) is 0 Å². The molecule has 0 bridgehead atoms. The van der Waals surface area contributed by atoms with Gasteiger partial charge in [0, 0.05) is 12.1 Å². The number of ether oxygens (including phenoxy) is 1. The summed E-state index contributed by atoms with van der Waals surface area (Å²) in [5.74, 6) is 0.747. The van der Waals surface area contributed by atoms with Gasteiger partial charge < -0.3 is 15.4 Å². The lowest BCUT2D eigenvalue weighted by atomic mass is 10.2. The largest absolute Gasteiger partial charge is 0.492 e. The molecule has 1 aliphatic rings. The van der Waals surface area contributed by atoms with Crippen LogP contribution >= 0.6 is 24.0 Å². The molecule has 1 saturated carbocycles. The van der Waals surface area contributed by atoms with E-state index in [1.165, 1.54) is 0 Å². The molecular weight excluding hydrogens is 287 g/mol. The molecule has 1 aromatic rings. The third-order valence-electron chi connectivity index (χ3n) is 3.07. The fraction of sp³-hybridized carbons (Fsp3) is 0.462.